The van der Waals surface area contributed by atoms with Gasteiger partial charge in [-0.3, -0.25) is 0 Å². The Hall–Kier alpha value is -2.84. The van der Waals surface area contributed by atoms with Crippen LogP contribution < -0.4 is 0 Å². The lowest BCUT2D eigenvalue weighted by atomic mass is 10.1. The first kappa shape index (κ1) is 21.0. The van der Waals surface area contributed by atoms with E-state index in [0.717, 1.165) is 72.2 Å². The quantitative estimate of drug-likeness (QED) is 0.432. The second-order valence-electron chi connectivity index (χ2n) is 8.43. The van der Waals surface area contributed by atoms with Crippen molar-refractivity contribution < 1.29 is 9.47 Å². The van der Waals surface area contributed by atoms with Crippen LogP contribution in [0.25, 0.3) is 28.0 Å². The van der Waals surface area contributed by atoms with Gasteiger partial charge in [-0.2, -0.15) is 10.1 Å². The molecule has 0 spiro atoms. The lowest BCUT2D eigenvalue weighted by molar-refractivity contribution is -0.163. The second-order valence-corrected chi connectivity index (χ2v) is 8.43. The molecule has 1 aliphatic rings. The fourth-order valence-corrected chi connectivity index (χ4v) is 4.61. The van der Waals surface area contributed by atoms with E-state index in [-0.39, 0.29) is 6.29 Å². The molecular formula is C24H30N6O2. The average molecular weight is 435 g/mol. The van der Waals surface area contributed by atoms with Gasteiger partial charge in [0.25, 0.3) is 5.95 Å². The van der Waals surface area contributed by atoms with Gasteiger partial charge in [0.1, 0.15) is 5.52 Å². The SMILES string of the molecule is CCCc1c(C)nn(-c2nnc3c4ccccc4n(CCOC4CCCCO4)c3n2)c1C. The predicted octanol–water partition coefficient (Wildman–Crippen LogP) is 4.28. The number of aryl methyl sites for hydroxylation is 1. The van der Waals surface area contributed by atoms with Gasteiger partial charge in [-0.15, -0.1) is 10.2 Å². The second kappa shape index (κ2) is 8.96. The first-order valence-corrected chi connectivity index (χ1v) is 11.6. The maximum Gasteiger partial charge on any atom is 0.272 e. The summed E-state index contributed by atoms with van der Waals surface area (Å²) in [6.45, 7) is 8.30. The topological polar surface area (TPSA) is 79.9 Å². The van der Waals surface area contributed by atoms with Crippen molar-refractivity contribution in [3.05, 3.63) is 41.2 Å². The molecule has 1 unspecified atom stereocenters. The largest absolute Gasteiger partial charge is 0.353 e. The first-order valence-electron chi connectivity index (χ1n) is 11.6. The van der Waals surface area contributed by atoms with Crippen LogP contribution in [-0.4, -0.2) is 49.0 Å². The molecule has 4 heterocycles. The Labute approximate surface area is 187 Å². The van der Waals surface area contributed by atoms with Gasteiger partial charge < -0.3 is 14.0 Å². The van der Waals surface area contributed by atoms with Crippen molar-refractivity contribution in [1.82, 2.24) is 29.5 Å². The van der Waals surface area contributed by atoms with Crippen LogP contribution in [-0.2, 0) is 22.4 Å². The van der Waals surface area contributed by atoms with Crippen LogP contribution in [0, 0.1) is 13.8 Å². The molecule has 5 rings (SSSR count). The number of ether oxygens (including phenoxy) is 2. The average Bonchev–Trinajstić information content (AvgIpc) is 3.29. The van der Waals surface area contributed by atoms with Crippen LogP contribution in [0.5, 0.6) is 0 Å². The van der Waals surface area contributed by atoms with Crippen molar-refractivity contribution in [2.45, 2.75) is 65.7 Å². The fourth-order valence-electron chi connectivity index (χ4n) is 4.61. The number of fused-ring (bicyclic) bond motifs is 3. The third kappa shape index (κ3) is 3.78. The predicted molar refractivity (Wildman–Crippen MR) is 123 cm³/mol. The molecule has 1 aromatic carbocycles. The summed E-state index contributed by atoms with van der Waals surface area (Å²) in [6.07, 6.45) is 5.19. The van der Waals surface area contributed by atoms with Crippen molar-refractivity contribution in [2.24, 2.45) is 0 Å². The molecule has 0 aliphatic carbocycles. The van der Waals surface area contributed by atoms with Crippen molar-refractivity contribution in [3.8, 4) is 5.95 Å². The van der Waals surface area contributed by atoms with Crippen LogP contribution >= 0.6 is 0 Å². The molecule has 1 fully saturated rings. The minimum atomic E-state index is -0.105. The van der Waals surface area contributed by atoms with Crippen LogP contribution in [0.15, 0.2) is 24.3 Å². The summed E-state index contributed by atoms with van der Waals surface area (Å²) in [5.41, 5.74) is 6.04. The number of benzene rings is 1. The van der Waals surface area contributed by atoms with Crippen molar-refractivity contribution >= 4 is 22.1 Å². The number of hydrogen-bond donors (Lipinski definition) is 0. The van der Waals surface area contributed by atoms with E-state index in [4.69, 9.17) is 19.6 Å². The zero-order valence-electron chi connectivity index (χ0n) is 19.0. The zero-order valence-corrected chi connectivity index (χ0v) is 19.0. The molecular weight excluding hydrogens is 404 g/mol. The molecule has 32 heavy (non-hydrogen) atoms. The molecule has 0 bridgehead atoms. The lowest BCUT2D eigenvalue weighted by Gasteiger charge is -2.22. The van der Waals surface area contributed by atoms with Gasteiger partial charge in [0.15, 0.2) is 11.9 Å². The molecule has 3 aromatic heterocycles. The maximum atomic E-state index is 6.01. The smallest absolute Gasteiger partial charge is 0.272 e. The number of hydrogen-bond acceptors (Lipinski definition) is 6. The number of nitrogens with zero attached hydrogens (tertiary/aromatic N) is 6. The summed E-state index contributed by atoms with van der Waals surface area (Å²) in [7, 11) is 0. The number of aromatic nitrogens is 6. The van der Waals surface area contributed by atoms with Crippen LogP contribution in [0.3, 0.4) is 0 Å². The zero-order chi connectivity index (χ0) is 22.1. The molecule has 1 saturated heterocycles. The monoisotopic (exact) mass is 434 g/mol. The summed E-state index contributed by atoms with van der Waals surface area (Å²) in [5, 5.41) is 14.8. The van der Waals surface area contributed by atoms with Gasteiger partial charge in [-0.25, -0.2) is 4.68 Å². The van der Waals surface area contributed by atoms with Crippen LogP contribution in [0.1, 0.15) is 49.6 Å². The van der Waals surface area contributed by atoms with E-state index in [9.17, 15) is 0 Å². The molecule has 1 atom stereocenters. The third-order valence-electron chi connectivity index (χ3n) is 6.25. The highest BCUT2D eigenvalue weighted by atomic mass is 16.7. The summed E-state index contributed by atoms with van der Waals surface area (Å²) in [6, 6.07) is 8.22. The Kier molecular flexibility index (Phi) is 5.89. The minimum Gasteiger partial charge on any atom is -0.353 e. The molecule has 8 nitrogen and oxygen atoms in total. The summed E-state index contributed by atoms with van der Waals surface area (Å²) in [4.78, 5) is 4.93. The van der Waals surface area contributed by atoms with Crippen molar-refractivity contribution in [1.29, 1.82) is 0 Å². The van der Waals surface area contributed by atoms with E-state index in [1.807, 2.05) is 23.7 Å². The van der Waals surface area contributed by atoms with E-state index in [1.165, 1.54) is 5.56 Å². The van der Waals surface area contributed by atoms with E-state index in [0.29, 0.717) is 19.1 Å². The van der Waals surface area contributed by atoms with Gasteiger partial charge >= 0.3 is 0 Å². The third-order valence-corrected chi connectivity index (χ3v) is 6.25. The van der Waals surface area contributed by atoms with Gasteiger partial charge in [-0.1, -0.05) is 31.5 Å². The normalized spacial score (nSPS) is 16.9. The summed E-state index contributed by atoms with van der Waals surface area (Å²) in [5.74, 6) is 0.501. The van der Waals surface area contributed by atoms with Gasteiger partial charge in [0.2, 0.25) is 0 Å². The molecule has 168 valence electrons. The van der Waals surface area contributed by atoms with E-state index >= 15 is 0 Å². The Morgan fingerprint density at radius 2 is 2.03 bits per heavy atom. The Bertz CT molecular complexity index is 1240. The highest BCUT2D eigenvalue weighted by Gasteiger charge is 2.19. The van der Waals surface area contributed by atoms with Crippen LogP contribution in [0.4, 0.5) is 0 Å². The van der Waals surface area contributed by atoms with Gasteiger partial charge in [-0.05, 0) is 51.2 Å². The van der Waals surface area contributed by atoms with Crippen molar-refractivity contribution in [2.75, 3.05) is 13.2 Å². The van der Waals surface area contributed by atoms with Gasteiger partial charge in [0, 0.05) is 24.2 Å². The molecule has 0 N–H and O–H groups in total. The number of rotatable bonds is 7. The van der Waals surface area contributed by atoms with Crippen molar-refractivity contribution in [3.63, 3.8) is 0 Å². The molecule has 4 aromatic rings. The number of para-hydroxylation sites is 1. The van der Waals surface area contributed by atoms with Crippen LogP contribution in [0.2, 0.25) is 0 Å². The fraction of sp³-hybridized carbons (Fsp3) is 0.500. The maximum absolute atomic E-state index is 6.01. The Morgan fingerprint density at radius 1 is 1.16 bits per heavy atom. The minimum absolute atomic E-state index is 0.105. The molecule has 0 saturated carbocycles. The summed E-state index contributed by atoms with van der Waals surface area (Å²) >= 11 is 0. The van der Waals surface area contributed by atoms with E-state index in [2.05, 4.69) is 40.7 Å². The highest BCUT2D eigenvalue weighted by Crippen LogP contribution is 2.27. The standard InChI is InChI=1S/C24H30N6O2/c1-4-9-18-16(2)28-30(17(18)3)24-25-23-22(26-27-24)19-10-5-6-11-20(19)29(23)13-15-32-21-12-7-8-14-31-21/h5-6,10-11,21H,4,7-9,12-15H2,1-3H3. The van der Waals surface area contributed by atoms with E-state index in [1.54, 1.807) is 0 Å². The lowest BCUT2D eigenvalue weighted by Crippen LogP contribution is -2.24. The highest BCUT2D eigenvalue weighted by molar-refractivity contribution is 6.04. The summed E-state index contributed by atoms with van der Waals surface area (Å²) < 4.78 is 15.7. The molecule has 1 aliphatic heterocycles. The Morgan fingerprint density at radius 3 is 2.84 bits per heavy atom. The van der Waals surface area contributed by atoms with Gasteiger partial charge in [0.05, 0.1) is 17.8 Å². The molecule has 8 heteroatoms. The van der Waals surface area contributed by atoms with E-state index < -0.39 is 0 Å². The molecule has 0 radical (unpaired) electrons. The Balaban J connectivity index is 1.52. The molecule has 0 amide bonds. The first-order chi connectivity index (χ1) is 15.7.